The molecule has 1 aromatic carbocycles. The molecule has 0 amide bonds. The van der Waals surface area contributed by atoms with Crippen molar-refractivity contribution in [1.29, 1.82) is 0 Å². The molecule has 1 aromatic heterocycles. The summed E-state index contributed by atoms with van der Waals surface area (Å²) in [6.07, 6.45) is 0. The lowest BCUT2D eigenvalue weighted by Crippen LogP contribution is -3.00. The number of ether oxygens (including phenoxy) is 1. The second-order valence-electron chi connectivity index (χ2n) is 4.14. The third-order valence-electron chi connectivity index (χ3n) is 2.85. The van der Waals surface area contributed by atoms with Crippen LogP contribution >= 0.6 is 22.7 Å². The maximum Gasteiger partial charge on any atom is 0.319 e. The first-order chi connectivity index (χ1) is 9.22. The lowest BCUT2D eigenvalue weighted by Gasteiger charge is -2.12. The summed E-state index contributed by atoms with van der Waals surface area (Å²) in [5.74, 6) is -0.454. The van der Waals surface area contributed by atoms with Crippen LogP contribution in [0, 0.1) is 0 Å². The van der Waals surface area contributed by atoms with E-state index in [2.05, 4.69) is 4.58 Å². The molecule has 0 aliphatic rings. The summed E-state index contributed by atoms with van der Waals surface area (Å²) >= 11 is 3.36. The quantitative estimate of drug-likeness (QED) is 0.367. The first-order valence-electron chi connectivity index (χ1n) is 5.91. The standard InChI is InChI=1S/C14H16NO2S2.HI/c1-15(14-18-8-9-19-14)10-12(13(16)17-2)11-6-4-3-5-7-11;/h3-9,12H,10H2,1-2H3;1H/q+1;/p-1. The molecule has 0 saturated heterocycles. The van der Waals surface area contributed by atoms with Crippen molar-refractivity contribution >= 4 is 28.6 Å². The molecule has 0 spiro atoms. The smallest absolute Gasteiger partial charge is 0.319 e. The van der Waals surface area contributed by atoms with Gasteiger partial charge in [-0.05, 0) is 5.56 Å². The molecule has 1 atom stereocenters. The van der Waals surface area contributed by atoms with Crippen LogP contribution in [0.3, 0.4) is 0 Å². The van der Waals surface area contributed by atoms with Gasteiger partial charge in [0.25, 0.3) is 0 Å². The summed E-state index contributed by atoms with van der Waals surface area (Å²) < 4.78 is 8.21. The average molecular weight is 421 g/mol. The van der Waals surface area contributed by atoms with E-state index in [-0.39, 0.29) is 35.9 Å². The molecule has 0 aliphatic heterocycles. The van der Waals surface area contributed by atoms with E-state index in [0.717, 1.165) is 5.56 Å². The first kappa shape index (κ1) is 17.3. The number of rotatable bonds is 4. The molecule has 20 heavy (non-hydrogen) atoms. The molecule has 6 heteroatoms. The Bertz CT molecular complexity index is 590. The van der Waals surface area contributed by atoms with Crippen LogP contribution in [0.1, 0.15) is 11.5 Å². The minimum absolute atomic E-state index is 0. The highest BCUT2D eigenvalue weighted by atomic mass is 127. The van der Waals surface area contributed by atoms with Crippen LogP contribution < -0.4 is 32.5 Å². The first-order valence-corrected chi connectivity index (χ1v) is 7.67. The Morgan fingerprint density at radius 1 is 1.25 bits per heavy atom. The predicted octanol–water partition coefficient (Wildman–Crippen LogP) is -0.828. The number of esters is 1. The fourth-order valence-electron chi connectivity index (χ4n) is 1.87. The highest BCUT2D eigenvalue weighted by Crippen LogP contribution is 2.16. The van der Waals surface area contributed by atoms with Gasteiger partial charge in [0.15, 0.2) is 6.54 Å². The zero-order valence-corrected chi connectivity index (χ0v) is 15.1. The Balaban J connectivity index is 0.00000200. The number of hydrogen-bond acceptors (Lipinski definition) is 4. The van der Waals surface area contributed by atoms with E-state index in [9.17, 15) is 4.79 Å². The van der Waals surface area contributed by atoms with Gasteiger partial charge in [0, 0.05) is 10.8 Å². The Morgan fingerprint density at radius 2 is 1.85 bits per heavy atom. The monoisotopic (exact) mass is 421 g/mol. The van der Waals surface area contributed by atoms with Crippen molar-refractivity contribution in [3.05, 3.63) is 50.6 Å². The molecule has 108 valence electrons. The van der Waals surface area contributed by atoms with Gasteiger partial charge in [-0.3, -0.25) is 4.79 Å². The van der Waals surface area contributed by atoms with Gasteiger partial charge in [-0.1, -0.05) is 53.0 Å². The topological polar surface area (TPSA) is 29.3 Å². The van der Waals surface area contributed by atoms with Gasteiger partial charge in [-0.2, -0.15) is 0 Å². The molecular weight excluding hydrogens is 405 g/mol. The minimum atomic E-state index is -0.259. The van der Waals surface area contributed by atoms with Crippen LogP contribution in [0.2, 0.25) is 0 Å². The Labute approximate surface area is 143 Å². The van der Waals surface area contributed by atoms with E-state index < -0.39 is 0 Å². The number of hydrogen-bond donors (Lipinski definition) is 0. The lowest BCUT2D eigenvalue weighted by atomic mass is 9.99. The van der Waals surface area contributed by atoms with Crippen molar-refractivity contribution in [2.24, 2.45) is 0 Å². The molecule has 0 N–H and O–H groups in total. The number of benzene rings is 1. The second-order valence-corrected chi connectivity index (χ2v) is 6.19. The molecule has 0 aliphatic carbocycles. The Morgan fingerprint density at radius 3 is 2.40 bits per heavy atom. The summed E-state index contributed by atoms with van der Waals surface area (Å²) in [6, 6.07) is 9.77. The number of carbonyl (C=O) groups excluding carboxylic acids is 1. The molecule has 0 fully saturated rings. The number of halogens is 1. The summed E-state index contributed by atoms with van der Waals surface area (Å²) in [7, 11) is 3.44. The molecule has 2 rings (SSSR count). The van der Waals surface area contributed by atoms with Crippen LogP contribution in [-0.4, -0.2) is 26.7 Å². The fourth-order valence-corrected chi connectivity index (χ4v) is 3.61. The van der Waals surface area contributed by atoms with Gasteiger partial charge in [0.2, 0.25) is 0 Å². The van der Waals surface area contributed by atoms with E-state index in [0.29, 0.717) is 6.54 Å². The predicted molar refractivity (Wildman–Crippen MR) is 79.5 cm³/mol. The molecule has 0 saturated carbocycles. The molecule has 3 nitrogen and oxygen atoms in total. The van der Waals surface area contributed by atoms with Gasteiger partial charge >= 0.3 is 9.95 Å². The van der Waals surface area contributed by atoms with Crippen molar-refractivity contribution in [2.75, 3.05) is 20.7 Å². The molecule has 0 radical (unpaired) electrons. The normalized spacial score (nSPS) is 11.3. The van der Waals surface area contributed by atoms with E-state index in [1.165, 1.54) is 11.1 Å². The number of methoxy groups -OCH3 is 1. The zero-order chi connectivity index (χ0) is 13.7. The fraction of sp³-hybridized carbons (Fsp3) is 0.286. The van der Waals surface area contributed by atoms with Gasteiger partial charge in [0.05, 0.1) is 7.11 Å². The second kappa shape index (κ2) is 8.53. The third kappa shape index (κ3) is 4.39. The van der Waals surface area contributed by atoms with Crippen LogP contribution in [0.15, 0.2) is 41.1 Å². The number of nitrogens with zero attached hydrogens (tertiary/aromatic N) is 1. The molecule has 0 bridgehead atoms. The van der Waals surface area contributed by atoms with Crippen LogP contribution in [-0.2, 0) is 9.53 Å². The van der Waals surface area contributed by atoms with Gasteiger partial charge in [0.1, 0.15) is 13.0 Å². The summed E-state index contributed by atoms with van der Waals surface area (Å²) in [4.78, 5) is 12.0. The molecular formula is C14H16INO2S2. The van der Waals surface area contributed by atoms with E-state index >= 15 is 0 Å². The van der Waals surface area contributed by atoms with Gasteiger partial charge in [-0.15, -0.1) is 0 Å². The van der Waals surface area contributed by atoms with Gasteiger partial charge < -0.3 is 28.7 Å². The molecule has 1 heterocycles. The Hall–Kier alpha value is -0.730. The van der Waals surface area contributed by atoms with Crippen LogP contribution in [0.4, 0.5) is 0 Å². The van der Waals surface area contributed by atoms with Crippen molar-refractivity contribution < 1.29 is 33.5 Å². The zero-order valence-electron chi connectivity index (χ0n) is 11.3. The van der Waals surface area contributed by atoms with E-state index in [1.807, 2.05) is 48.1 Å². The van der Waals surface area contributed by atoms with E-state index in [4.69, 9.17) is 4.74 Å². The summed E-state index contributed by atoms with van der Waals surface area (Å²) in [5.41, 5.74) is 0.989. The van der Waals surface area contributed by atoms with Crippen molar-refractivity contribution in [1.82, 2.24) is 4.58 Å². The minimum Gasteiger partial charge on any atom is -1.00 e. The van der Waals surface area contributed by atoms with Crippen molar-refractivity contribution in [2.45, 2.75) is 5.92 Å². The molecule has 2 aromatic rings. The van der Waals surface area contributed by atoms with Gasteiger partial charge in [-0.25, -0.2) is 4.58 Å². The highest BCUT2D eigenvalue weighted by molar-refractivity contribution is 7.24. The maximum absolute atomic E-state index is 12.0. The Kier molecular flexibility index (Phi) is 7.39. The SMILES string of the molecule is COC(=O)C(C[N+](C)=c1sccs1)c1ccccc1.[I-]. The highest BCUT2D eigenvalue weighted by Gasteiger charge is 2.25. The number of likely N-dealkylation sites (N-methyl/N-ethyl adjacent to an activating group) is 1. The summed E-state index contributed by atoms with van der Waals surface area (Å²) in [6.45, 7) is 0.619. The summed E-state index contributed by atoms with van der Waals surface area (Å²) in [5, 5.41) is 4.10. The largest absolute Gasteiger partial charge is 1.00 e. The van der Waals surface area contributed by atoms with Crippen molar-refractivity contribution in [3.8, 4) is 0 Å². The lowest BCUT2D eigenvalue weighted by molar-refractivity contribution is -0.142. The number of carbonyl (C=O) groups is 1. The maximum atomic E-state index is 12.0. The van der Waals surface area contributed by atoms with Crippen LogP contribution in [0.25, 0.3) is 0 Å². The molecule has 1 unspecified atom stereocenters. The average Bonchev–Trinajstić information content (AvgIpc) is 2.99. The van der Waals surface area contributed by atoms with E-state index in [1.54, 1.807) is 22.7 Å². The van der Waals surface area contributed by atoms with Crippen LogP contribution in [0.5, 0.6) is 0 Å². The third-order valence-corrected chi connectivity index (χ3v) is 5.17. The van der Waals surface area contributed by atoms with Crippen molar-refractivity contribution in [3.63, 3.8) is 0 Å².